The third kappa shape index (κ3) is 22.6. The lowest BCUT2D eigenvalue weighted by atomic mass is 10.2. The standard InChI is InChI=1S/C14H26N4.2ClH/c15-9-3-1-5-11-17-13-7-8-14-18-12-6-2-4-10-16;;/h17-18H,1-8,11-14H2;2*1H. The van der Waals surface area contributed by atoms with Crippen molar-refractivity contribution in [3.63, 3.8) is 0 Å². The van der Waals surface area contributed by atoms with E-state index in [4.69, 9.17) is 10.5 Å². The highest BCUT2D eigenvalue weighted by atomic mass is 35.5. The minimum atomic E-state index is 0. The fourth-order valence-electron chi connectivity index (χ4n) is 1.66. The molecule has 0 rings (SSSR count). The lowest BCUT2D eigenvalue weighted by Gasteiger charge is -2.05. The Balaban J connectivity index is -0.00000144. The largest absolute Gasteiger partial charge is 0.317 e. The van der Waals surface area contributed by atoms with Gasteiger partial charge in [-0.25, -0.2) is 0 Å². The van der Waals surface area contributed by atoms with E-state index in [1.165, 1.54) is 12.8 Å². The Morgan fingerprint density at radius 3 is 1.15 bits per heavy atom. The summed E-state index contributed by atoms with van der Waals surface area (Å²) in [6, 6.07) is 4.31. The van der Waals surface area contributed by atoms with E-state index in [1.807, 2.05) is 0 Å². The molecule has 0 aliphatic carbocycles. The molecule has 0 saturated heterocycles. The van der Waals surface area contributed by atoms with Gasteiger partial charge in [0.15, 0.2) is 0 Å². The predicted octanol–water partition coefficient (Wildman–Crippen LogP) is 3.18. The SMILES string of the molecule is Cl.Cl.N#CCCCCNCCCCNCCCCC#N. The van der Waals surface area contributed by atoms with Gasteiger partial charge in [0, 0.05) is 12.8 Å². The van der Waals surface area contributed by atoms with Gasteiger partial charge in [-0.1, -0.05) is 0 Å². The molecule has 0 spiro atoms. The van der Waals surface area contributed by atoms with Crippen LogP contribution in [-0.2, 0) is 0 Å². The van der Waals surface area contributed by atoms with Crippen LogP contribution in [0.1, 0.15) is 51.4 Å². The van der Waals surface area contributed by atoms with E-state index in [2.05, 4.69) is 22.8 Å². The van der Waals surface area contributed by atoms with Gasteiger partial charge in [-0.2, -0.15) is 10.5 Å². The minimum Gasteiger partial charge on any atom is -0.317 e. The third-order valence-electron chi connectivity index (χ3n) is 2.74. The normalized spacial score (nSPS) is 8.90. The first-order valence-electron chi connectivity index (χ1n) is 7.07. The Bertz CT molecular complexity index is 223. The first kappa shape index (κ1) is 24.5. The molecule has 0 fully saturated rings. The number of hydrogen-bond acceptors (Lipinski definition) is 4. The van der Waals surface area contributed by atoms with Gasteiger partial charge >= 0.3 is 0 Å². The van der Waals surface area contributed by atoms with Crippen molar-refractivity contribution in [1.82, 2.24) is 10.6 Å². The van der Waals surface area contributed by atoms with Crippen molar-refractivity contribution in [2.75, 3.05) is 26.2 Å². The summed E-state index contributed by atoms with van der Waals surface area (Å²) in [5, 5.41) is 23.5. The van der Waals surface area contributed by atoms with Crippen molar-refractivity contribution >= 4 is 24.8 Å². The Morgan fingerprint density at radius 1 is 0.550 bits per heavy atom. The number of unbranched alkanes of at least 4 members (excludes halogenated alkanes) is 5. The summed E-state index contributed by atoms with van der Waals surface area (Å²) in [4.78, 5) is 0. The summed E-state index contributed by atoms with van der Waals surface area (Å²) >= 11 is 0. The number of nitrogens with one attached hydrogen (secondary N) is 2. The van der Waals surface area contributed by atoms with E-state index in [1.54, 1.807) is 0 Å². The van der Waals surface area contributed by atoms with Crippen LogP contribution in [0.2, 0.25) is 0 Å². The fraction of sp³-hybridized carbons (Fsp3) is 0.857. The summed E-state index contributed by atoms with van der Waals surface area (Å²) in [6.45, 7) is 4.21. The van der Waals surface area contributed by atoms with Crippen LogP contribution in [0, 0.1) is 22.7 Å². The van der Waals surface area contributed by atoms with E-state index in [0.29, 0.717) is 12.8 Å². The molecule has 4 nitrogen and oxygen atoms in total. The second kappa shape index (κ2) is 23.6. The number of hydrogen-bond donors (Lipinski definition) is 2. The minimum absolute atomic E-state index is 0. The maximum atomic E-state index is 8.36. The van der Waals surface area contributed by atoms with Crippen molar-refractivity contribution < 1.29 is 0 Å². The summed E-state index contributed by atoms with van der Waals surface area (Å²) in [5.74, 6) is 0. The molecule has 0 atom stereocenters. The van der Waals surface area contributed by atoms with E-state index in [-0.39, 0.29) is 24.8 Å². The van der Waals surface area contributed by atoms with Gasteiger partial charge in [-0.05, 0) is 64.7 Å². The third-order valence-corrected chi connectivity index (χ3v) is 2.74. The van der Waals surface area contributed by atoms with Gasteiger partial charge in [-0.15, -0.1) is 24.8 Å². The van der Waals surface area contributed by atoms with Crippen LogP contribution in [0.4, 0.5) is 0 Å². The average Bonchev–Trinajstić information content (AvgIpc) is 2.39. The Labute approximate surface area is 136 Å². The zero-order chi connectivity index (χ0) is 13.3. The molecule has 0 aliphatic heterocycles. The summed E-state index contributed by atoms with van der Waals surface area (Å²) < 4.78 is 0. The molecule has 0 aromatic carbocycles. The number of rotatable bonds is 13. The van der Waals surface area contributed by atoms with E-state index in [0.717, 1.165) is 51.9 Å². The van der Waals surface area contributed by atoms with Crippen LogP contribution in [0.3, 0.4) is 0 Å². The quantitative estimate of drug-likeness (QED) is 0.511. The average molecular weight is 323 g/mol. The molecule has 0 amide bonds. The van der Waals surface area contributed by atoms with Crippen LogP contribution in [-0.4, -0.2) is 26.2 Å². The van der Waals surface area contributed by atoms with Crippen molar-refractivity contribution in [1.29, 1.82) is 10.5 Å². The molecule has 0 aliphatic rings. The molecule has 0 radical (unpaired) electrons. The lowest BCUT2D eigenvalue weighted by Crippen LogP contribution is -2.20. The fourth-order valence-corrected chi connectivity index (χ4v) is 1.66. The molecule has 0 unspecified atom stereocenters. The zero-order valence-electron chi connectivity index (χ0n) is 12.2. The maximum Gasteiger partial charge on any atom is 0.0621 e. The van der Waals surface area contributed by atoms with Gasteiger partial charge in [0.2, 0.25) is 0 Å². The van der Waals surface area contributed by atoms with Crippen molar-refractivity contribution in [2.24, 2.45) is 0 Å². The lowest BCUT2D eigenvalue weighted by molar-refractivity contribution is 0.558. The topological polar surface area (TPSA) is 71.6 Å². The van der Waals surface area contributed by atoms with Gasteiger partial charge in [0.1, 0.15) is 0 Å². The second-order valence-electron chi connectivity index (χ2n) is 4.44. The highest BCUT2D eigenvalue weighted by molar-refractivity contribution is 5.85. The zero-order valence-corrected chi connectivity index (χ0v) is 13.8. The smallest absolute Gasteiger partial charge is 0.0621 e. The molecule has 0 aromatic heterocycles. The highest BCUT2D eigenvalue weighted by Gasteiger charge is 1.91. The number of nitrogens with zero attached hydrogens (tertiary/aromatic N) is 2. The molecule has 0 aromatic rings. The van der Waals surface area contributed by atoms with Gasteiger partial charge in [-0.3, -0.25) is 0 Å². The Kier molecular flexibility index (Phi) is 28.9. The summed E-state index contributed by atoms with van der Waals surface area (Å²) in [6.07, 6.45) is 7.97. The molecule has 6 heteroatoms. The Morgan fingerprint density at radius 2 is 0.850 bits per heavy atom. The maximum absolute atomic E-state index is 8.36. The molecule has 118 valence electrons. The predicted molar refractivity (Wildman–Crippen MR) is 88.4 cm³/mol. The molecule has 20 heavy (non-hydrogen) atoms. The first-order valence-corrected chi connectivity index (χ1v) is 7.07. The van der Waals surface area contributed by atoms with Crippen LogP contribution in [0.15, 0.2) is 0 Å². The van der Waals surface area contributed by atoms with Crippen LogP contribution < -0.4 is 10.6 Å². The molecule has 0 saturated carbocycles. The van der Waals surface area contributed by atoms with E-state index in [9.17, 15) is 0 Å². The van der Waals surface area contributed by atoms with Crippen LogP contribution in [0.25, 0.3) is 0 Å². The van der Waals surface area contributed by atoms with Crippen LogP contribution in [0.5, 0.6) is 0 Å². The summed E-state index contributed by atoms with van der Waals surface area (Å²) in [5.41, 5.74) is 0. The molecule has 0 heterocycles. The molecular weight excluding hydrogens is 295 g/mol. The van der Waals surface area contributed by atoms with E-state index >= 15 is 0 Å². The van der Waals surface area contributed by atoms with E-state index < -0.39 is 0 Å². The number of nitriles is 2. The molecular formula is C14H28Cl2N4. The van der Waals surface area contributed by atoms with Crippen molar-refractivity contribution in [2.45, 2.75) is 51.4 Å². The summed E-state index contributed by atoms with van der Waals surface area (Å²) in [7, 11) is 0. The van der Waals surface area contributed by atoms with Crippen LogP contribution >= 0.6 is 24.8 Å². The number of halogens is 2. The molecule has 0 bridgehead atoms. The van der Waals surface area contributed by atoms with Gasteiger partial charge in [0.05, 0.1) is 12.1 Å². The second-order valence-corrected chi connectivity index (χ2v) is 4.44. The highest BCUT2D eigenvalue weighted by Crippen LogP contribution is 1.93. The first-order chi connectivity index (χ1) is 8.91. The van der Waals surface area contributed by atoms with Gasteiger partial charge < -0.3 is 10.6 Å². The van der Waals surface area contributed by atoms with Gasteiger partial charge in [0.25, 0.3) is 0 Å². The van der Waals surface area contributed by atoms with Crippen molar-refractivity contribution in [3.05, 3.63) is 0 Å². The molecule has 2 N–H and O–H groups in total. The Hall–Kier alpha value is -0.520. The monoisotopic (exact) mass is 322 g/mol. The van der Waals surface area contributed by atoms with Crippen molar-refractivity contribution in [3.8, 4) is 12.1 Å².